The Balaban J connectivity index is 2.86. The van der Waals surface area contributed by atoms with Gasteiger partial charge in [0.05, 0.1) is 12.2 Å². The number of nitrogens with zero attached hydrogens (tertiary/aromatic N) is 1. The van der Waals surface area contributed by atoms with Crippen LogP contribution in [0.4, 0.5) is 4.39 Å². The minimum Gasteiger partial charge on any atom is -0.507 e. The molecule has 0 bridgehead atoms. The minimum absolute atomic E-state index is 0.0486. The van der Waals surface area contributed by atoms with Crippen molar-refractivity contribution in [2.45, 2.75) is 13.8 Å². The summed E-state index contributed by atoms with van der Waals surface area (Å²) in [4.78, 5) is 24.6. The predicted molar refractivity (Wildman–Crippen MR) is 66.3 cm³/mol. The van der Waals surface area contributed by atoms with Crippen LogP contribution in [-0.4, -0.2) is 41.6 Å². The van der Waals surface area contributed by atoms with E-state index in [1.54, 1.807) is 13.8 Å². The Morgan fingerprint density at radius 1 is 1.37 bits per heavy atom. The van der Waals surface area contributed by atoms with Crippen LogP contribution < -0.4 is 0 Å². The molecule has 0 unspecified atom stereocenters. The van der Waals surface area contributed by atoms with E-state index in [1.807, 2.05) is 0 Å². The second kappa shape index (κ2) is 6.72. The van der Waals surface area contributed by atoms with Crippen LogP contribution in [-0.2, 0) is 9.53 Å². The van der Waals surface area contributed by atoms with Crippen molar-refractivity contribution in [3.63, 3.8) is 0 Å². The summed E-state index contributed by atoms with van der Waals surface area (Å²) in [5, 5.41) is 9.54. The van der Waals surface area contributed by atoms with Gasteiger partial charge in [0.1, 0.15) is 18.1 Å². The van der Waals surface area contributed by atoms with Gasteiger partial charge in [0.2, 0.25) is 0 Å². The number of benzene rings is 1. The van der Waals surface area contributed by atoms with Gasteiger partial charge in [0.15, 0.2) is 0 Å². The predicted octanol–water partition coefficient (Wildman–Crippen LogP) is 1.56. The van der Waals surface area contributed by atoms with Crippen molar-refractivity contribution in [2.75, 3.05) is 19.7 Å². The van der Waals surface area contributed by atoms with E-state index < -0.39 is 23.4 Å². The summed E-state index contributed by atoms with van der Waals surface area (Å²) >= 11 is 0. The molecule has 0 spiro atoms. The lowest BCUT2D eigenvalue weighted by molar-refractivity contribution is -0.143. The van der Waals surface area contributed by atoms with Gasteiger partial charge in [-0.2, -0.15) is 0 Å². The maximum absolute atomic E-state index is 12.8. The summed E-state index contributed by atoms with van der Waals surface area (Å²) in [5.74, 6) is -2.16. The first-order chi connectivity index (χ1) is 8.99. The van der Waals surface area contributed by atoms with Crippen LogP contribution in [0.15, 0.2) is 18.2 Å². The Hall–Kier alpha value is -2.11. The zero-order valence-corrected chi connectivity index (χ0v) is 10.9. The van der Waals surface area contributed by atoms with Crippen LogP contribution in [0, 0.1) is 5.82 Å². The molecule has 1 N–H and O–H groups in total. The van der Waals surface area contributed by atoms with Crippen LogP contribution in [0.25, 0.3) is 0 Å². The average molecular weight is 269 g/mol. The van der Waals surface area contributed by atoms with Crippen molar-refractivity contribution in [3.05, 3.63) is 29.6 Å². The van der Waals surface area contributed by atoms with Gasteiger partial charge in [-0.25, -0.2) is 4.39 Å². The molecule has 1 amide bonds. The molecule has 104 valence electrons. The number of rotatable bonds is 5. The first-order valence-corrected chi connectivity index (χ1v) is 5.93. The van der Waals surface area contributed by atoms with Gasteiger partial charge < -0.3 is 14.7 Å². The monoisotopic (exact) mass is 269 g/mol. The van der Waals surface area contributed by atoms with Crippen LogP contribution in [0.3, 0.4) is 0 Å². The highest BCUT2D eigenvalue weighted by Gasteiger charge is 2.20. The van der Waals surface area contributed by atoms with Crippen molar-refractivity contribution < 1.29 is 23.8 Å². The molecule has 0 saturated carbocycles. The quantitative estimate of drug-likeness (QED) is 0.824. The fourth-order valence-electron chi connectivity index (χ4n) is 1.55. The van der Waals surface area contributed by atoms with Gasteiger partial charge in [0, 0.05) is 12.6 Å². The number of amides is 1. The van der Waals surface area contributed by atoms with Crippen LogP contribution in [0.1, 0.15) is 24.2 Å². The van der Waals surface area contributed by atoms with Gasteiger partial charge >= 0.3 is 5.97 Å². The number of phenols is 1. The first-order valence-electron chi connectivity index (χ1n) is 5.93. The second-order valence-corrected chi connectivity index (χ2v) is 3.79. The van der Waals surface area contributed by atoms with E-state index >= 15 is 0 Å². The summed E-state index contributed by atoms with van der Waals surface area (Å²) < 4.78 is 17.6. The SMILES string of the molecule is CCOC(=O)CN(CC)C(=O)c1ccc(F)cc1O. The van der Waals surface area contributed by atoms with E-state index in [0.29, 0.717) is 0 Å². The van der Waals surface area contributed by atoms with Gasteiger partial charge in [-0.3, -0.25) is 9.59 Å². The molecule has 0 aromatic heterocycles. The number of halogens is 1. The molecule has 5 nitrogen and oxygen atoms in total. The van der Waals surface area contributed by atoms with Crippen molar-refractivity contribution >= 4 is 11.9 Å². The number of aromatic hydroxyl groups is 1. The number of esters is 1. The summed E-state index contributed by atoms with van der Waals surface area (Å²) in [6.45, 7) is 3.65. The maximum Gasteiger partial charge on any atom is 0.325 e. The lowest BCUT2D eigenvalue weighted by Crippen LogP contribution is -2.36. The van der Waals surface area contributed by atoms with Gasteiger partial charge in [-0.15, -0.1) is 0 Å². The lowest BCUT2D eigenvalue weighted by atomic mass is 10.1. The Labute approximate surface area is 110 Å². The van der Waals surface area contributed by atoms with E-state index in [-0.39, 0.29) is 25.3 Å². The number of likely N-dealkylation sites (N-methyl/N-ethyl adjacent to an activating group) is 1. The molecule has 0 heterocycles. The molecule has 1 aromatic rings. The molecule has 19 heavy (non-hydrogen) atoms. The molecule has 6 heteroatoms. The molecular formula is C13H16FNO4. The highest BCUT2D eigenvalue weighted by atomic mass is 19.1. The van der Waals surface area contributed by atoms with Crippen molar-refractivity contribution in [1.82, 2.24) is 4.90 Å². The Bertz CT molecular complexity index is 476. The smallest absolute Gasteiger partial charge is 0.325 e. The molecule has 0 aliphatic heterocycles. The summed E-state index contributed by atoms with van der Waals surface area (Å²) in [5.41, 5.74) is -0.0486. The minimum atomic E-state index is -0.637. The molecule has 0 aliphatic rings. The number of ether oxygens (including phenoxy) is 1. The molecule has 1 rings (SSSR count). The summed E-state index contributed by atoms with van der Waals surface area (Å²) in [6, 6.07) is 3.11. The molecule has 0 radical (unpaired) electrons. The third kappa shape index (κ3) is 3.94. The number of phenolic OH excluding ortho intramolecular Hbond substituents is 1. The molecule has 0 aliphatic carbocycles. The fraction of sp³-hybridized carbons (Fsp3) is 0.385. The number of carbonyl (C=O) groups excluding carboxylic acids is 2. The lowest BCUT2D eigenvalue weighted by Gasteiger charge is -2.20. The fourth-order valence-corrected chi connectivity index (χ4v) is 1.55. The van der Waals surface area contributed by atoms with E-state index in [4.69, 9.17) is 4.74 Å². The molecule has 1 aromatic carbocycles. The average Bonchev–Trinajstić information content (AvgIpc) is 2.35. The van der Waals surface area contributed by atoms with Gasteiger partial charge in [-0.05, 0) is 26.0 Å². The molecule has 0 saturated heterocycles. The third-order valence-electron chi connectivity index (χ3n) is 2.48. The number of carbonyl (C=O) groups is 2. The van der Waals surface area contributed by atoms with Crippen molar-refractivity contribution in [2.24, 2.45) is 0 Å². The maximum atomic E-state index is 12.8. The first kappa shape index (κ1) is 14.9. The number of hydrogen-bond donors (Lipinski definition) is 1. The zero-order valence-electron chi connectivity index (χ0n) is 10.9. The van der Waals surface area contributed by atoms with E-state index in [1.165, 1.54) is 11.0 Å². The van der Waals surface area contributed by atoms with Crippen molar-refractivity contribution in [3.8, 4) is 5.75 Å². The van der Waals surface area contributed by atoms with E-state index in [9.17, 15) is 19.1 Å². The van der Waals surface area contributed by atoms with Gasteiger partial charge in [0.25, 0.3) is 5.91 Å². The second-order valence-electron chi connectivity index (χ2n) is 3.79. The van der Waals surface area contributed by atoms with Crippen molar-refractivity contribution in [1.29, 1.82) is 0 Å². The standard InChI is InChI=1S/C13H16FNO4/c1-3-15(8-12(17)19-4-2)13(18)10-6-5-9(14)7-11(10)16/h5-7,16H,3-4,8H2,1-2H3. The Morgan fingerprint density at radius 2 is 2.05 bits per heavy atom. The summed E-state index contributed by atoms with van der Waals surface area (Å²) in [7, 11) is 0. The highest BCUT2D eigenvalue weighted by molar-refractivity contribution is 5.98. The van der Waals surface area contributed by atoms with E-state index in [0.717, 1.165) is 12.1 Å². The normalized spacial score (nSPS) is 10.1. The van der Waals surface area contributed by atoms with Crippen LogP contribution in [0.5, 0.6) is 5.75 Å². The number of hydrogen-bond acceptors (Lipinski definition) is 4. The summed E-state index contributed by atoms with van der Waals surface area (Å²) in [6.07, 6.45) is 0. The molecular weight excluding hydrogens is 253 g/mol. The van der Waals surface area contributed by atoms with Gasteiger partial charge in [-0.1, -0.05) is 0 Å². The third-order valence-corrected chi connectivity index (χ3v) is 2.48. The molecule has 0 atom stereocenters. The largest absolute Gasteiger partial charge is 0.507 e. The van der Waals surface area contributed by atoms with Crippen LogP contribution in [0.2, 0.25) is 0 Å². The highest BCUT2D eigenvalue weighted by Crippen LogP contribution is 2.19. The topological polar surface area (TPSA) is 66.8 Å². The molecule has 0 fully saturated rings. The van der Waals surface area contributed by atoms with E-state index in [2.05, 4.69) is 0 Å². The Kier molecular flexibility index (Phi) is 5.29. The van der Waals surface area contributed by atoms with Crippen LogP contribution >= 0.6 is 0 Å². The Morgan fingerprint density at radius 3 is 2.58 bits per heavy atom. The zero-order chi connectivity index (χ0) is 14.4.